The Morgan fingerprint density at radius 1 is 1.08 bits per heavy atom. The highest BCUT2D eigenvalue weighted by atomic mass is 16.1. The Morgan fingerprint density at radius 2 is 1.92 bits per heavy atom. The smallest absolute Gasteiger partial charge is 0.270 e. The number of nitrogens with zero attached hydrogens (tertiary/aromatic N) is 4. The average Bonchev–Trinajstić information content (AvgIpc) is 2.62. The van der Waals surface area contributed by atoms with Crippen LogP contribution in [0.1, 0.15) is 54.2 Å². The van der Waals surface area contributed by atoms with E-state index < -0.39 is 0 Å². The molecule has 1 aliphatic heterocycles. The molecule has 0 atom stereocenters. The maximum atomic E-state index is 12.2. The monoisotopic (exact) mass is 337 g/mol. The largest absolute Gasteiger partial charge is 0.356 e. The molecule has 4 rings (SSSR count). The zero-order valence-electron chi connectivity index (χ0n) is 14.3. The standard InChI is InChI=1S/C19H23N5O/c25-19(16-6-1-2-9-20-16)23-15-7-10-24(11-8-15)18-12-17(21-13-22-18)14-4-3-5-14/h1-2,6,9,12-15H,3-5,7-8,10-11H2,(H,23,25). The second-order valence-electron chi connectivity index (χ2n) is 6.88. The summed E-state index contributed by atoms with van der Waals surface area (Å²) >= 11 is 0. The molecule has 6 heteroatoms. The number of piperidine rings is 1. The first kappa shape index (κ1) is 16.0. The van der Waals surface area contributed by atoms with Gasteiger partial charge in [-0.15, -0.1) is 0 Å². The molecular weight excluding hydrogens is 314 g/mol. The Bertz CT molecular complexity index is 724. The topological polar surface area (TPSA) is 71.0 Å². The minimum Gasteiger partial charge on any atom is -0.356 e. The first-order valence-electron chi connectivity index (χ1n) is 9.08. The summed E-state index contributed by atoms with van der Waals surface area (Å²) in [7, 11) is 0. The van der Waals surface area contributed by atoms with Gasteiger partial charge in [0, 0.05) is 43.0 Å². The fraction of sp³-hybridized carbons (Fsp3) is 0.474. The average molecular weight is 337 g/mol. The minimum atomic E-state index is -0.0895. The lowest BCUT2D eigenvalue weighted by molar-refractivity contribution is 0.0926. The molecule has 0 aromatic carbocycles. The Labute approximate surface area is 147 Å². The summed E-state index contributed by atoms with van der Waals surface area (Å²) in [6.45, 7) is 1.79. The van der Waals surface area contributed by atoms with E-state index in [1.54, 1.807) is 18.6 Å². The summed E-state index contributed by atoms with van der Waals surface area (Å²) in [6.07, 6.45) is 8.98. The number of nitrogens with one attached hydrogen (secondary N) is 1. The lowest BCUT2D eigenvalue weighted by Gasteiger charge is -2.33. The maximum Gasteiger partial charge on any atom is 0.270 e. The predicted octanol–water partition coefficient (Wildman–Crippen LogP) is 2.54. The SMILES string of the molecule is O=C(NC1CCN(c2cc(C3CCC3)ncn2)CC1)c1ccccn1. The van der Waals surface area contributed by atoms with Crippen LogP contribution in [0, 0.1) is 0 Å². The van der Waals surface area contributed by atoms with Gasteiger partial charge in [0.05, 0.1) is 0 Å². The number of amides is 1. The third kappa shape index (κ3) is 3.62. The van der Waals surface area contributed by atoms with Gasteiger partial charge in [0.25, 0.3) is 5.91 Å². The van der Waals surface area contributed by atoms with Crippen LogP contribution in [0.3, 0.4) is 0 Å². The van der Waals surface area contributed by atoms with Crippen molar-refractivity contribution in [1.82, 2.24) is 20.3 Å². The molecule has 0 radical (unpaired) electrons. The molecule has 1 aliphatic carbocycles. The van der Waals surface area contributed by atoms with E-state index in [0.717, 1.165) is 31.7 Å². The van der Waals surface area contributed by atoms with E-state index >= 15 is 0 Å². The van der Waals surface area contributed by atoms with Crippen LogP contribution in [0.2, 0.25) is 0 Å². The Hall–Kier alpha value is -2.50. The molecule has 2 aromatic heterocycles. The molecule has 6 nitrogen and oxygen atoms in total. The molecular formula is C19H23N5O. The van der Waals surface area contributed by atoms with Crippen molar-refractivity contribution >= 4 is 11.7 Å². The van der Waals surface area contributed by atoms with Gasteiger partial charge in [-0.3, -0.25) is 9.78 Å². The molecule has 2 aliphatic rings. The molecule has 1 amide bonds. The molecule has 1 saturated heterocycles. The van der Waals surface area contributed by atoms with Crippen molar-refractivity contribution in [2.75, 3.05) is 18.0 Å². The second-order valence-corrected chi connectivity index (χ2v) is 6.88. The van der Waals surface area contributed by atoms with Crippen molar-refractivity contribution in [1.29, 1.82) is 0 Å². The Morgan fingerprint density at radius 3 is 2.60 bits per heavy atom. The molecule has 2 aromatic rings. The first-order chi connectivity index (χ1) is 12.3. The van der Waals surface area contributed by atoms with Gasteiger partial charge in [-0.2, -0.15) is 0 Å². The number of rotatable bonds is 4. The fourth-order valence-electron chi connectivity index (χ4n) is 3.47. The van der Waals surface area contributed by atoms with Crippen molar-refractivity contribution in [3.8, 4) is 0 Å². The number of hydrogen-bond donors (Lipinski definition) is 1. The molecule has 0 spiro atoms. The summed E-state index contributed by atoms with van der Waals surface area (Å²) < 4.78 is 0. The van der Waals surface area contributed by atoms with Crippen LogP contribution in [-0.4, -0.2) is 40.0 Å². The number of pyridine rings is 1. The number of aromatic nitrogens is 3. The van der Waals surface area contributed by atoms with E-state index in [0.29, 0.717) is 11.6 Å². The summed E-state index contributed by atoms with van der Waals surface area (Å²) in [5.41, 5.74) is 1.66. The highest BCUT2D eigenvalue weighted by Gasteiger charge is 2.25. The molecule has 1 saturated carbocycles. The van der Waals surface area contributed by atoms with E-state index in [4.69, 9.17) is 0 Å². The second kappa shape index (κ2) is 7.17. The molecule has 1 N–H and O–H groups in total. The number of anilines is 1. The zero-order valence-corrected chi connectivity index (χ0v) is 14.3. The number of carbonyl (C=O) groups excluding carboxylic acids is 1. The van der Waals surface area contributed by atoms with Gasteiger partial charge in [-0.1, -0.05) is 12.5 Å². The van der Waals surface area contributed by atoms with Crippen molar-refractivity contribution in [3.05, 3.63) is 48.2 Å². The molecule has 25 heavy (non-hydrogen) atoms. The fourth-order valence-corrected chi connectivity index (χ4v) is 3.47. The van der Waals surface area contributed by atoms with Gasteiger partial charge in [0.2, 0.25) is 0 Å². The Balaban J connectivity index is 1.33. The van der Waals surface area contributed by atoms with E-state index in [2.05, 4.69) is 31.2 Å². The molecule has 2 fully saturated rings. The van der Waals surface area contributed by atoms with Crippen molar-refractivity contribution in [2.24, 2.45) is 0 Å². The van der Waals surface area contributed by atoms with Crippen LogP contribution < -0.4 is 10.2 Å². The molecule has 0 bridgehead atoms. The predicted molar refractivity (Wildman–Crippen MR) is 95.6 cm³/mol. The van der Waals surface area contributed by atoms with Crippen LogP contribution in [0.25, 0.3) is 0 Å². The third-order valence-electron chi connectivity index (χ3n) is 5.25. The van der Waals surface area contributed by atoms with Gasteiger partial charge in [-0.05, 0) is 37.8 Å². The van der Waals surface area contributed by atoms with Crippen molar-refractivity contribution < 1.29 is 4.79 Å². The summed E-state index contributed by atoms with van der Waals surface area (Å²) in [5.74, 6) is 1.55. The van der Waals surface area contributed by atoms with Gasteiger partial charge < -0.3 is 10.2 Å². The summed E-state index contributed by atoms with van der Waals surface area (Å²) in [4.78, 5) is 27.5. The van der Waals surface area contributed by atoms with Gasteiger partial charge in [0.1, 0.15) is 17.8 Å². The van der Waals surface area contributed by atoms with Gasteiger partial charge in [-0.25, -0.2) is 9.97 Å². The number of carbonyl (C=O) groups is 1. The first-order valence-corrected chi connectivity index (χ1v) is 9.08. The quantitative estimate of drug-likeness (QED) is 0.928. The summed E-state index contributed by atoms with van der Waals surface area (Å²) in [6, 6.07) is 7.73. The minimum absolute atomic E-state index is 0.0895. The lowest BCUT2D eigenvalue weighted by atomic mass is 9.83. The molecule has 3 heterocycles. The van der Waals surface area contributed by atoms with Crippen molar-refractivity contribution in [2.45, 2.75) is 44.1 Å². The summed E-state index contributed by atoms with van der Waals surface area (Å²) in [5, 5.41) is 3.09. The highest BCUT2D eigenvalue weighted by molar-refractivity contribution is 5.92. The lowest BCUT2D eigenvalue weighted by Crippen LogP contribution is -2.45. The third-order valence-corrected chi connectivity index (χ3v) is 5.25. The van der Waals surface area contributed by atoms with Crippen LogP contribution in [0.5, 0.6) is 0 Å². The van der Waals surface area contributed by atoms with E-state index in [9.17, 15) is 4.79 Å². The van der Waals surface area contributed by atoms with E-state index in [1.807, 2.05) is 12.1 Å². The number of hydrogen-bond acceptors (Lipinski definition) is 5. The maximum absolute atomic E-state index is 12.2. The van der Waals surface area contributed by atoms with Gasteiger partial charge in [0.15, 0.2) is 0 Å². The highest BCUT2D eigenvalue weighted by Crippen LogP contribution is 2.36. The van der Waals surface area contributed by atoms with E-state index in [1.165, 1.54) is 25.0 Å². The van der Waals surface area contributed by atoms with Crippen LogP contribution in [0.4, 0.5) is 5.82 Å². The van der Waals surface area contributed by atoms with Crippen molar-refractivity contribution in [3.63, 3.8) is 0 Å². The van der Waals surface area contributed by atoms with Crippen LogP contribution in [-0.2, 0) is 0 Å². The zero-order chi connectivity index (χ0) is 17.1. The van der Waals surface area contributed by atoms with Gasteiger partial charge >= 0.3 is 0 Å². The molecule has 130 valence electrons. The van der Waals surface area contributed by atoms with E-state index in [-0.39, 0.29) is 11.9 Å². The molecule has 0 unspecified atom stereocenters. The Kier molecular flexibility index (Phi) is 4.59. The normalized spacial score (nSPS) is 18.6. The van der Waals surface area contributed by atoms with Crippen LogP contribution in [0.15, 0.2) is 36.8 Å². The van der Waals surface area contributed by atoms with Crippen LogP contribution >= 0.6 is 0 Å².